The first kappa shape index (κ1) is 12.9. The van der Waals surface area contributed by atoms with Gasteiger partial charge in [-0.2, -0.15) is 15.0 Å². The van der Waals surface area contributed by atoms with Gasteiger partial charge in [-0.15, -0.1) is 0 Å². The molecule has 0 saturated heterocycles. The Labute approximate surface area is 99.6 Å². The van der Waals surface area contributed by atoms with Gasteiger partial charge in [0.05, 0.1) is 7.11 Å². The fourth-order valence-corrected chi connectivity index (χ4v) is 1.42. The van der Waals surface area contributed by atoms with Crippen molar-refractivity contribution in [1.29, 1.82) is 0 Å². The van der Waals surface area contributed by atoms with E-state index in [2.05, 4.69) is 27.2 Å². The van der Waals surface area contributed by atoms with Crippen molar-refractivity contribution in [3.8, 4) is 6.01 Å². The monoisotopic (exact) mass is 245 g/mol. The van der Waals surface area contributed by atoms with Crippen LogP contribution in [0.5, 0.6) is 6.01 Å². The van der Waals surface area contributed by atoms with Gasteiger partial charge in [0, 0.05) is 12.6 Å². The third-order valence-electron chi connectivity index (χ3n) is 2.03. The summed E-state index contributed by atoms with van der Waals surface area (Å²) >= 11 is 5.72. The maximum absolute atomic E-state index is 5.72. The third-order valence-corrected chi connectivity index (χ3v) is 2.19. The zero-order chi connectivity index (χ0) is 12.0. The van der Waals surface area contributed by atoms with Gasteiger partial charge in [-0.3, -0.25) is 0 Å². The van der Waals surface area contributed by atoms with Gasteiger partial charge in [-0.1, -0.05) is 13.3 Å². The van der Waals surface area contributed by atoms with Crippen LogP contribution in [0.3, 0.4) is 0 Å². The minimum absolute atomic E-state index is 0.0987. The molecule has 1 aromatic heterocycles. The highest BCUT2D eigenvalue weighted by atomic mass is 35.5. The fraction of sp³-hybridized carbons (Fsp3) is 0.667. The fourth-order valence-electron chi connectivity index (χ4n) is 1.27. The molecule has 0 bridgehead atoms. The van der Waals surface area contributed by atoms with Crippen LogP contribution in [0.15, 0.2) is 0 Å². The first-order chi connectivity index (χ1) is 7.69. The molecule has 0 saturated carbocycles. The summed E-state index contributed by atoms with van der Waals surface area (Å²) in [6, 6.07) is 0.322. The standard InChI is InChI=1S/C9H16ClN5O/c1-3-4-6(5-11)12-8-13-7(10)14-9(15-8)16-2/h6H,3-5,11H2,1-2H3,(H,12,13,14,15). The molecule has 0 aliphatic carbocycles. The van der Waals surface area contributed by atoms with Crippen LogP contribution in [0.2, 0.25) is 5.28 Å². The number of nitrogens with zero attached hydrogens (tertiary/aromatic N) is 3. The molecule has 90 valence electrons. The van der Waals surface area contributed by atoms with Crippen molar-refractivity contribution < 1.29 is 4.74 Å². The topological polar surface area (TPSA) is 86.0 Å². The van der Waals surface area contributed by atoms with Crippen LogP contribution in [0.4, 0.5) is 5.95 Å². The van der Waals surface area contributed by atoms with Crippen molar-refractivity contribution >= 4 is 17.5 Å². The van der Waals surface area contributed by atoms with Crippen molar-refractivity contribution in [2.45, 2.75) is 25.8 Å². The SMILES string of the molecule is CCCC(CN)Nc1nc(Cl)nc(OC)n1. The van der Waals surface area contributed by atoms with Gasteiger partial charge >= 0.3 is 6.01 Å². The second-order valence-corrected chi connectivity index (χ2v) is 3.62. The Morgan fingerprint density at radius 2 is 2.19 bits per heavy atom. The van der Waals surface area contributed by atoms with E-state index in [0.29, 0.717) is 12.5 Å². The van der Waals surface area contributed by atoms with E-state index < -0.39 is 0 Å². The quantitative estimate of drug-likeness (QED) is 0.780. The highest BCUT2D eigenvalue weighted by molar-refractivity contribution is 6.28. The van der Waals surface area contributed by atoms with Crippen LogP contribution in [-0.2, 0) is 0 Å². The van der Waals surface area contributed by atoms with Crippen molar-refractivity contribution in [3.63, 3.8) is 0 Å². The van der Waals surface area contributed by atoms with E-state index in [1.54, 1.807) is 0 Å². The summed E-state index contributed by atoms with van der Waals surface area (Å²) in [5.41, 5.74) is 5.62. The van der Waals surface area contributed by atoms with Crippen LogP contribution < -0.4 is 15.8 Å². The van der Waals surface area contributed by atoms with Crippen molar-refractivity contribution in [3.05, 3.63) is 5.28 Å². The molecular weight excluding hydrogens is 230 g/mol. The van der Waals surface area contributed by atoms with Gasteiger partial charge in [0.2, 0.25) is 11.2 Å². The van der Waals surface area contributed by atoms with Crippen LogP contribution in [-0.4, -0.2) is 34.6 Å². The molecule has 0 fully saturated rings. The number of hydrogen-bond donors (Lipinski definition) is 2. The molecular formula is C9H16ClN5O. The minimum Gasteiger partial charge on any atom is -0.467 e. The van der Waals surface area contributed by atoms with Gasteiger partial charge in [-0.25, -0.2) is 0 Å². The molecule has 0 amide bonds. The Morgan fingerprint density at radius 1 is 1.44 bits per heavy atom. The van der Waals surface area contributed by atoms with E-state index in [-0.39, 0.29) is 17.3 Å². The van der Waals surface area contributed by atoms with E-state index in [4.69, 9.17) is 22.1 Å². The lowest BCUT2D eigenvalue weighted by molar-refractivity contribution is 0.378. The summed E-state index contributed by atoms with van der Waals surface area (Å²) in [5.74, 6) is 0.390. The lowest BCUT2D eigenvalue weighted by Crippen LogP contribution is -2.29. The number of hydrogen-bond acceptors (Lipinski definition) is 6. The summed E-state index contributed by atoms with van der Waals surface area (Å²) in [7, 11) is 1.47. The smallest absolute Gasteiger partial charge is 0.322 e. The molecule has 1 atom stereocenters. The van der Waals surface area contributed by atoms with Crippen molar-refractivity contribution in [1.82, 2.24) is 15.0 Å². The molecule has 0 radical (unpaired) electrons. The molecule has 3 N–H and O–H groups in total. The first-order valence-electron chi connectivity index (χ1n) is 5.11. The number of rotatable bonds is 6. The molecule has 7 heteroatoms. The average Bonchev–Trinajstić information content (AvgIpc) is 2.27. The number of halogens is 1. The van der Waals surface area contributed by atoms with Crippen molar-refractivity contribution in [2.24, 2.45) is 5.73 Å². The maximum atomic E-state index is 5.72. The van der Waals surface area contributed by atoms with Crippen LogP contribution in [0, 0.1) is 0 Å². The van der Waals surface area contributed by atoms with Gasteiger partial charge in [0.15, 0.2) is 0 Å². The summed E-state index contributed by atoms with van der Waals surface area (Å²) in [6.07, 6.45) is 1.98. The lowest BCUT2D eigenvalue weighted by Gasteiger charge is -2.15. The van der Waals surface area contributed by atoms with Crippen molar-refractivity contribution in [2.75, 3.05) is 19.0 Å². The normalized spacial score (nSPS) is 12.2. The Hall–Kier alpha value is -1.14. The molecule has 6 nitrogen and oxygen atoms in total. The maximum Gasteiger partial charge on any atom is 0.322 e. The predicted octanol–water partition coefficient (Wildman–Crippen LogP) is 1.07. The molecule has 0 aliphatic rings. The van der Waals surface area contributed by atoms with Gasteiger partial charge in [0.1, 0.15) is 0 Å². The molecule has 0 aliphatic heterocycles. The van der Waals surface area contributed by atoms with E-state index in [9.17, 15) is 0 Å². The van der Waals surface area contributed by atoms with E-state index >= 15 is 0 Å². The minimum atomic E-state index is 0.0987. The van der Waals surface area contributed by atoms with Gasteiger partial charge in [-0.05, 0) is 18.0 Å². The number of ether oxygens (including phenoxy) is 1. The Balaban J connectivity index is 2.74. The number of nitrogens with one attached hydrogen (secondary N) is 1. The summed E-state index contributed by atoms with van der Waals surface area (Å²) in [4.78, 5) is 11.8. The van der Waals surface area contributed by atoms with E-state index in [1.165, 1.54) is 7.11 Å². The van der Waals surface area contributed by atoms with Crippen LogP contribution in [0.25, 0.3) is 0 Å². The van der Waals surface area contributed by atoms with Gasteiger partial charge in [0.25, 0.3) is 0 Å². The number of methoxy groups -OCH3 is 1. The second-order valence-electron chi connectivity index (χ2n) is 3.28. The Morgan fingerprint density at radius 3 is 2.75 bits per heavy atom. The molecule has 1 heterocycles. The predicted molar refractivity (Wildman–Crippen MR) is 62.8 cm³/mol. The summed E-state index contributed by atoms with van der Waals surface area (Å²) < 4.78 is 4.89. The molecule has 0 aromatic carbocycles. The van der Waals surface area contributed by atoms with Crippen LogP contribution >= 0.6 is 11.6 Å². The summed E-state index contributed by atoms with van der Waals surface area (Å²) in [6.45, 7) is 2.60. The number of nitrogens with two attached hydrogens (primary N) is 1. The molecule has 0 spiro atoms. The molecule has 16 heavy (non-hydrogen) atoms. The Kier molecular flexibility index (Phi) is 5.21. The third kappa shape index (κ3) is 3.79. The lowest BCUT2D eigenvalue weighted by atomic mass is 10.2. The van der Waals surface area contributed by atoms with Crippen LogP contribution in [0.1, 0.15) is 19.8 Å². The molecule has 1 rings (SSSR count). The number of anilines is 1. The van der Waals surface area contributed by atoms with E-state index in [1.807, 2.05) is 0 Å². The zero-order valence-electron chi connectivity index (χ0n) is 9.40. The number of aromatic nitrogens is 3. The van der Waals surface area contributed by atoms with Gasteiger partial charge < -0.3 is 15.8 Å². The highest BCUT2D eigenvalue weighted by Crippen LogP contribution is 2.12. The highest BCUT2D eigenvalue weighted by Gasteiger charge is 2.09. The van der Waals surface area contributed by atoms with E-state index in [0.717, 1.165) is 12.8 Å². The zero-order valence-corrected chi connectivity index (χ0v) is 10.2. The summed E-state index contributed by atoms with van der Waals surface area (Å²) in [5, 5.41) is 3.19. The first-order valence-corrected chi connectivity index (χ1v) is 5.49. The second kappa shape index (κ2) is 6.44. The largest absolute Gasteiger partial charge is 0.467 e. The average molecular weight is 246 g/mol. The Bertz CT molecular complexity index is 336. The molecule has 1 aromatic rings. The molecule has 1 unspecified atom stereocenters.